The molecule has 2 rings (SSSR count). The quantitative estimate of drug-likeness (QED) is 0.589. The first-order valence-corrected chi connectivity index (χ1v) is 9.18. The molecular weight excluding hydrogens is 381 g/mol. The summed E-state index contributed by atoms with van der Waals surface area (Å²) >= 11 is 18.5. The molecule has 0 radical (unpaired) electrons. The third kappa shape index (κ3) is 5.96. The lowest BCUT2D eigenvalue weighted by molar-refractivity contribution is 0.284. The highest BCUT2D eigenvalue weighted by Gasteiger charge is 2.12. The van der Waals surface area contributed by atoms with Crippen molar-refractivity contribution in [2.75, 3.05) is 13.7 Å². The minimum atomic E-state index is 0.299. The molecule has 0 fully saturated rings. The van der Waals surface area contributed by atoms with Crippen LogP contribution in [0.3, 0.4) is 0 Å². The van der Waals surface area contributed by atoms with Crippen molar-refractivity contribution < 1.29 is 9.47 Å². The van der Waals surface area contributed by atoms with Crippen LogP contribution in [0.2, 0.25) is 15.1 Å². The van der Waals surface area contributed by atoms with Crippen molar-refractivity contribution in [3.8, 4) is 11.5 Å². The van der Waals surface area contributed by atoms with Gasteiger partial charge in [0.15, 0.2) is 11.5 Å². The molecule has 0 saturated heterocycles. The van der Waals surface area contributed by atoms with Gasteiger partial charge in [0.2, 0.25) is 0 Å². The van der Waals surface area contributed by atoms with Crippen LogP contribution in [0.5, 0.6) is 11.5 Å². The van der Waals surface area contributed by atoms with Crippen LogP contribution in [0.1, 0.15) is 25.0 Å². The molecule has 0 saturated carbocycles. The average Bonchev–Trinajstić information content (AvgIpc) is 2.55. The maximum absolute atomic E-state index is 6.39. The van der Waals surface area contributed by atoms with Crippen LogP contribution in [0.4, 0.5) is 0 Å². The Morgan fingerprint density at radius 3 is 2.32 bits per heavy atom. The van der Waals surface area contributed by atoms with Crippen LogP contribution in [0.15, 0.2) is 30.3 Å². The van der Waals surface area contributed by atoms with Crippen LogP contribution in [0, 0.1) is 5.92 Å². The van der Waals surface area contributed by atoms with E-state index in [1.165, 1.54) is 0 Å². The molecule has 136 valence electrons. The summed E-state index contributed by atoms with van der Waals surface area (Å²) in [7, 11) is 1.61. The normalized spacial score (nSPS) is 11.0. The number of hydrogen-bond donors (Lipinski definition) is 1. The smallest absolute Gasteiger partial charge is 0.163 e. The lowest BCUT2D eigenvalue weighted by atomic mass is 10.1. The van der Waals surface area contributed by atoms with Crippen molar-refractivity contribution in [3.05, 3.63) is 56.5 Å². The second-order valence-corrected chi connectivity index (χ2v) is 7.39. The van der Waals surface area contributed by atoms with Gasteiger partial charge >= 0.3 is 0 Å². The summed E-state index contributed by atoms with van der Waals surface area (Å²) in [5.41, 5.74) is 1.81. The van der Waals surface area contributed by atoms with Crippen molar-refractivity contribution in [3.63, 3.8) is 0 Å². The van der Waals surface area contributed by atoms with Gasteiger partial charge in [-0.2, -0.15) is 0 Å². The van der Waals surface area contributed by atoms with Crippen molar-refractivity contribution >= 4 is 34.8 Å². The van der Waals surface area contributed by atoms with E-state index < -0.39 is 0 Å². The summed E-state index contributed by atoms with van der Waals surface area (Å²) in [5.74, 6) is 1.79. The molecule has 0 bridgehead atoms. The van der Waals surface area contributed by atoms with E-state index in [4.69, 9.17) is 44.3 Å². The molecule has 0 heterocycles. The first-order chi connectivity index (χ1) is 11.9. The lowest BCUT2D eigenvalue weighted by Gasteiger charge is -2.15. The minimum Gasteiger partial charge on any atom is -0.493 e. The van der Waals surface area contributed by atoms with Gasteiger partial charge in [0.1, 0.15) is 6.61 Å². The standard InChI is InChI=1S/C19H22Cl3NO2/c1-12(2)9-23-10-14-6-18(24-3)19(8-17(14)22)25-11-13-4-5-15(20)7-16(13)21/h4-8,12,23H,9-11H2,1-3H3. The van der Waals surface area contributed by atoms with Gasteiger partial charge in [-0.1, -0.05) is 54.7 Å². The molecule has 1 N–H and O–H groups in total. The molecule has 6 heteroatoms. The zero-order valence-electron chi connectivity index (χ0n) is 14.5. The number of benzene rings is 2. The largest absolute Gasteiger partial charge is 0.493 e. The van der Waals surface area contributed by atoms with Crippen molar-refractivity contribution in [1.29, 1.82) is 0 Å². The molecule has 0 aliphatic carbocycles. The van der Waals surface area contributed by atoms with Gasteiger partial charge in [-0.25, -0.2) is 0 Å². The predicted octanol–water partition coefficient (Wildman–Crippen LogP) is 5.98. The molecule has 0 aliphatic rings. The highest BCUT2D eigenvalue weighted by atomic mass is 35.5. The van der Waals surface area contributed by atoms with Crippen molar-refractivity contribution in [2.45, 2.75) is 27.0 Å². The van der Waals surface area contributed by atoms with Gasteiger partial charge in [0.05, 0.1) is 7.11 Å². The molecule has 0 aromatic heterocycles. The number of nitrogens with one attached hydrogen (secondary N) is 1. The zero-order valence-corrected chi connectivity index (χ0v) is 16.8. The van der Waals surface area contributed by atoms with Crippen LogP contribution < -0.4 is 14.8 Å². The number of rotatable bonds is 8. The molecule has 0 spiro atoms. The van der Waals surface area contributed by atoms with E-state index in [-0.39, 0.29) is 0 Å². The van der Waals surface area contributed by atoms with Gasteiger partial charge < -0.3 is 14.8 Å². The Labute approximate surface area is 164 Å². The Kier molecular flexibility index (Phi) is 7.70. The van der Waals surface area contributed by atoms with E-state index in [9.17, 15) is 0 Å². The Hall–Kier alpha value is -1.13. The number of halogens is 3. The maximum Gasteiger partial charge on any atom is 0.163 e. The molecule has 2 aromatic rings. The topological polar surface area (TPSA) is 30.5 Å². The van der Waals surface area contributed by atoms with E-state index in [1.807, 2.05) is 12.1 Å². The third-order valence-electron chi connectivity index (χ3n) is 3.60. The van der Waals surface area contributed by atoms with E-state index in [0.717, 1.165) is 17.7 Å². The molecule has 3 nitrogen and oxygen atoms in total. The fourth-order valence-corrected chi connectivity index (χ4v) is 2.96. The van der Waals surface area contributed by atoms with Gasteiger partial charge in [0.25, 0.3) is 0 Å². The fourth-order valence-electron chi connectivity index (χ4n) is 2.27. The Balaban J connectivity index is 2.10. The second kappa shape index (κ2) is 9.54. The Morgan fingerprint density at radius 2 is 1.68 bits per heavy atom. The monoisotopic (exact) mass is 401 g/mol. The van der Waals surface area contributed by atoms with Gasteiger partial charge in [0, 0.05) is 33.2 Å². The second-order valence-electron chi connectivity index (χ2n) is 6.14. The van der Waals surface area contributed by atoms with E-state index in [0.29, 0.717) is 45.6 Å². The molecule has 0 amide bonds. The summed E-state index contributed by atoms with van der Waals surface area (Å²) in [5, 5.41) is 5.16. The third-order valence-corrected chi connectivity index (χ3v) is 4.54. The average molecular weight is 403 g/mol. The van der Waals surface area contributed by atoms with Crippen LogP contribution in [0.25, 0.3) is 0 Å². The van der Waals surface area contributed by atoms with Crippen LogP contribution >= 0.6 is 34.8 Å². The van der Waals surface area contributed by atoms with Gasteiger partial charge in [-0.05, 0) is 36.2 Å². The molecule has 2 aromatic carbocycles. The highest BCUT2D eigenvalue weighted by Crippen LogP contribution is 2.34. The van der Waals surface area contributed by atoms with E-state index in [2.05, 4.69) is 19.2 Å². The SMILES string of the molecule is COc1cc(CNCC(C)C)c(Cl)cc1OCc1ccc(Cl)cc1Cl. The first kappa shape index (κ1) is 20.2. The highest BCUT2D eigenvalue weighted by molar-refractivity contribution is 6.35. The molecule has 25 heavy (non-hydrogen) atoms. The minimum absolute atomic E-state index is 0.299. The Bertz CT molecular complexity index is 720. The number of ether oxygens (including phenoxy) is 2. The number of methoxy groups -OCH3 is 1. The van der Waals surface area contributed by atoms with Gasteiger partial charge in [-0.3, -0.25) is 0 Å². The van der Waals surface area contributed by atoms with Crippen LogP contribution in [-0.2, 0) is 13.2 Å². The maximum atomic E-state index is 6.39. The van der Waals surface area contributed by atoms with Crippen molar-refractivity contribution in [1.82, 2.24) is 5.32 Å². The van der Waals surface area contributed by atoms with E-state index >= 15 is 0 Å². The molecule has 0 aliphatic heterocycles. The molecular formula is C19H22Cl3NO2. The van der Waals surface area contributed by atoms with Crippen molar-refractivity contribution in [2.24, 2.45) is 5.92 Å². The molecule has 0 atom stereocenters. The van der Waals surface area contributed by atoms with Gasteiger partial charge in [-0.15, -0.1) is 0 Å². The number of hydrogen-bond acceptors (Lipinski definition) is 3. The predicted molar refractivity (Wildman–Crippen MR) is 105 cm³/mol. The first-order valence-electron chi connectivity index (χ1n) is 8.04. The lowest BCUT2D eigenvalue weighted by Crippen LogP contribution is -2.19. The van der Waals surface area contributed by atoms with E-state index in [1.54, 1.807) is 25.3 Å². The summed E-state index contributed by atoms with van der Waals surface area (Å²) in [6.45, 7) is 6.22. The zero-order chi connectivity index (χ0) is 18.4. The summed E-state index contributed by atoms with van der Waals surface area (Å²) in [6, 6.07) is 8.98. The molecule has 0 unspecified atom stereocenters. The summed E-state index contributed by atoms with van der Waals surface area (Å²) in [6.07, 6.45) is 0. The van der Waals surface area contributed by atoms with Crippen LogP contribution in [-0.4, -0.2) is 13.7 Å². The Morgan fingerprint density at radius 1 is 0.960 bits per heavy atom. The fraction of sp³-hybridized carbons (Fsp3) is 0.368. The summed E-state index contributed by atoms with van der Waals surface area (Å²) in [4.78, 5) is 0. The summed E-state index contributed by atoms with van der Waals surface area (Å²) < 4.78 is 11.3.